The van der Waals surface area contributed by atoms with Crippen molar-refractivity contribution in [3.8, 4) is 11.1 Å². The molecule has 2 heterocycles. The van der Waals surface area contributed by atoms with E-state index in [4.69, 9.17) is 9.52 Å². The summed E-state index contributed by atoms with van der Waals surface area (Å²) in [6.45, 7) is 1.94. The number of carboxylic acid groups (broad SMARTS) is 1. The quantitative estimate of drug-likeness (QED) is 0.760. The number of carbonyl (C=O) groups is 1. The molecule has 0 amide bonds. The van der Waals surface area contributed by atoms with E-state index in [1.165, 1.54) is 12.4 Å². The Labute approximate surface area is 108 Å². The number of benzene rings is 1. The summed E-state index contributed by atoms with van der Waals surface area (Å²) < 4.78 is 5.37. The third kappa shape index (κ3) is 1.85. The Morgan fingerprint density at radius 1 is 1.26 bits per heavy atom. The molecule has 0 spiro atoms. The molecule has 1 N–H and O–H groups in total. The van der Waals surface area contributed by atoms with Crippen molar-refractivity contribution in [2.24, 2.45) is 0 Å². The highest BCUT2D eigenvalue weighted by atomic mass is 16.4. The number of aromatic carboxylic acids is 1. The number of furan rings is 1. The second-order valence-corrected chi connectivity index (χ2v) is 4.25. The van der Waals surface area contributed by atoms with Crippen molar-refractivity contribution >= 4 is 16.9 Å². The van der Waals surface area contributed by atoms with Crippen LogP contribution in [0, 0.1) is 6.92 Å². The zero-order valence-electron chi connectivity index (χ0n) is 10.1. The van der Waals surface area contributed by atoms with E-state index in [1.54, 1.807) is 6.26 Å². The molecule has 0 bridgehead atoms. The van der Waals surface area contributed by atoms with E-state index in [9.17, 15) is 4.79 Å². The van der Waals surface area contributed by atoms with E-state index in [2.05, 4.69) is 10.2 Å². The molecule has 5 heteroatoms. The van der Waals surface area contributed by atoms with Crippen LogP contribution in [-0.4, -0.2) is 21.3 Å². The fourth-order valence-corrected chi connectivity index (χ4v) is 2.05. The summed E-state index contributed by atoms with van der Waals surface area (Å²) in [4.78, 5) is 11.2. The molecule has 1 aromatic carbocycles. The summed E-state index contributed by atoms with van der Waals surface area (Å²) in [5.41, 5.74) is 3.25. The Hall–Kier alpha value is -2.69. The lowest BCUT2D eigenvalue weighted by molar-refractivity contribution is 0.0697. The van der Waals surface area contributed by atoms with Crippen LogP contribution in [0.1, 0.15) is 15.9 Å². The van der Waals surface area contributed by atoms with Crippen LogP contribution >= 0.6 is 0 Å². The number of nitrogens with zero attached hydrogens (tertiary/aromatic N) is 2. The first-order valence-corrected chi connectivity index (χ1v) is 5.69. The van der Waals surface area contributed by atoms with Crippen LogP contribution in [-0.2, 0) is 0 Å². The van der Waals surface area contributed by atoms with Crippen LogP contribution < -0.4 is 0 Å². The fraction of sp³-hybridized carbons (Fsp3) is 0.0714. The van der Waals surface area contributed by atoms with Crippen molar-refractivity contribution in [1.82, 2.24) is 10.2 Å². The van der Waals surface area contributed by atoms with Crippen molar-refractivity contribution in [1.29, 1.82) is 0 Å². The van der Waals surface area contributed by atoms with Crippen LogP contribution in [0.3, 0.4) is 0 Å². The third-order valence-corrected chi connectivity index (χ3v) is 3.04. The van der Waals surface area contributed by atoms with Crippen molar-refractivity contribution < 1.29 is 14.3 Å². The Morgan fingerprint density at radius 2 is 2.05 bits per heavy atom. The summed E-state index contributed by atoms with van der Waals surface area (Å²) in [5.74, 6) is -1.02. The van der Waals surface area contributed by atoms with Gasteiger partial charge in [0.2, 0.25) is 0 Å². The van der Waals surface area contributed by atoms with Crippen LogP contribution in [0.15, 0.2) is 41.3 Å². The van der Waals surface area contributed by atoms with Gasteiger partial charge in [0.1, 0.15) is 5.58 Å². The summed E-state index contributed by atoms with van der Waals surface area (Å²) >= 11 is 0. The van der Waals surface area contributed by atoms with Crippen molar-refractivity contribution in [2.45, 2.75) is 6.92 Å². The average molecular weight is 254 g/mol. The lowest BCUT2D eigenvalue weighted by atomic mass is 10.0. The van der Waals surface area contributed by atoms with Gasteiger partial charge in [-0.15, -0.1) is 0 Å². The molecule has 0 atom stereocenters. The molecule has 5 nitrogen and oxygen atoms in total. The number of fused-ring (bicyclic) bond motifs is 1. The first-order chi connectivity index (χ1) is 9.16. The normalized spacial score (nSPS) is 10.8. The van der Waals surface area contributed by atoms with E-state index in [0.717, 1.165) is 22.1 Å². The van der Waals surface area contributed by atoms with E-state index >= 15 is 0 Å². The highest BCUT2D eigenvalue weighted by Crippen LogP contribution is 2.28. The maximum atomic E-state index is 11.2. The Bertz CT molecular complexity index is 777. The Morgan fingerprint density at radius 3 is 2.84 bits per heavy atom. The van der Waals surface area contributed by atoms with Gasteiger partial charge in [-0.3, -0.25) is 0 Å². The second kappa shape index (κ2) is 4.20. The Kier molecular flexibility index (Phi) is 2.52. The number of aromatic nitrogens is 2. The highest BCUT2D eigenvalue weighted by Gasteiger charge is 2.13. The van der Waals surface area contributed by atoms with Crippen LogP contribution in [0.25, 0.3) is 22.1 Å². The molecule has 0 saturated carbocycles. The fourth-order valence-electron chi connectivity index (χ4n) is 2.05. The molecule has 94 valence electrons. The topological polar surface area (TPSA) is 76.2 Å². The monoisotopic (exact) mass is 254 g/mol. The Balaban J connectivity index is 2.24. The van der Waals surface area contributed by atoms with Gasteiger partial charge >= 0.3 is 5.97 Å². The first-order valence-electron chi connectivity index (χ1n) is 5.69. The predicted molar refractivity (Wildman–Crippen MR) is 68.9 cm³/mol. The summed E-state index contributed by atoms with van der Waals surface area (Å²) in [6.07, 6.45) is 4.39. The molecule has 0 unspecified atom stereocenters. The van der Waals surface area contributed by atoms with E-state index < -0.39 is 5.97 Å². The second-order valence-electron chi connectivity index (χ2n) is 4.25. The molecule has 0 saturated heterocycles. The number of hydrogen-bond donors (Lipinski definition) is 1. The van der Waals surface area contributed by atoms with Gasteiger partial charge < -0.3 is 9.52 Å². The zero-order chi connectivity index (χ0) is 13.4. The molecule has 19 heavy (non-hydrogen) atoms. The van der Waals surface area contributed by atoms with Gasteiger partial charge in [0.25, 0.3) is 0 Å². The van der Waals surface area contributed by atoms with E-state index in [-0.39, 0.29) is 5.56 Å². The number of hydrogen-bond acceptors (Lipinski definition) is 4. The minimum Gasteiger partial charge on any atom is -0.478 e. The number of rotatable bonds is 2. The molecule has 0 aliphatic heterocycles. The molecule has 0 fully saturated rings. The molecule has 0 aliphatic carbocycles. The van der Waals surface area contributed by atoms with Crippen LogP contribution in [0.5, 0.6) is 0 Å². The smallest absolute Gasteiger partial charge is 0.338 e. The van der Waals surface area contributed by atoms with Gasteiger partial charge in [-0.1, -0.05) is 6.07 Å². The van der Waals surface area contributed by atoms with Gasteiger partial charge in [-0.05, 0) is 30.2 Å². The SMILES string of the molecule is Cc1coc2ccc(-c3cnncc3C(=O)O)cc12. The van der Waals surface area contributed by atoms with Crippen LogP contribution in [0.2, 0.25) is 0 Å². The molecule has 2 aromatic heterocycles. The number of carboxylic acids is 1. The lowest BCUT2D eigenvalue weighted by Gasteiger charge is -2.04. The minimum absolute atomic E-state index is 0.135. The van der Waals surface area contributed by atoms with Crippen LogP contribution in [0.4, 0.5) is 0 Å². The number of aryl methyl sites for hydroxylation is 1. The zero-order valence-corrected chi connectivity index (χ0v) is 10.1. The third-order valence-electron chi connectivity index (χ3n) is 3.04. The van der Waals surface area contributed by atoms with Crippen molar-refractivity contribution in [3.05, 3.63) is 48.0 Å². The van der Waals surface area contributed by atoms with Gasteiger partial charge in [0.15, 0.2) is 0 Å². The van der Waals surface area contributed by atoms with Gasteiger partial charge in [-0.2, -0.15) is 10.2 Å². The molecule has 3 rings (SSSR count). The molecule has 0 aliphatic rings. The minimum atomic E-state index is -1.02. The van der Waals surface area contributed by atoms with Crippen molar-refractivity contribution in [3.63, 3.8) is 0 Å². The van der Waals surface area contributed by atoms with Gasteiger partial charge in [0.05, 0.1) is 24.2 Å². The van der Waals surface area contributed by atoms with Gasteiger partial charge in [0, 0.05) is 10.9 Å². The molecular formula is C14H10N2O3. The van der Waals surface area contributed by atoms with Gasteiger partial charge in [-0.25, -0.2) is 4.79 Å². The maximum Gasteiger partial charge on any atom is 0.338 e. The molecular weight excluding hydrogens is 244 g/mol. The lowest BCUT2D eigenvalue weighted by Crippen LogP contribution is -2.01. The maximum absolute atomic E-state index is 11.2. The average Bonchev–Trinajstić information content (AvgIpc) is 2.80. The van der Waals surface area contributed by atoms with Crippen molar-refractivity contribution in [2.75, 3.05) is 0 Å². The first kappa shape index (κ1) is 11.4. The summed E-state index contributed by atoms with van der Waals surface area (Å²) in [7, 11) is 0. The molecule has 3 aromatic rings. The molecule has 0 radical (unpaired) electrons. The predicted octanol–water partition coefficient (Wildman–Crippen LogP) is 2.90. The van der Waals surface area contributed by atoms with E-state index in [0.29, 0.717) is 5.56 Å². The standard InChI is InChI=1S/C14H10N2O3/c1-8-7-19-13-3-2-9(4-10(8)13)11-5-15-16-6-12(11)14(17)18/h2-7H,1H3,(H,17,18). The largest absolute Gasteiger partial charge is 0.478 e. The highest BCUT2D eigenvalue weighted by molar-refractivity contribution is 5.97. The summed E-state index contributed by atoms with van der Waals surface area (Å²) in [6, 6.07) is 5.54. The van der Waals surface area contributed by atoms with E-state index in [1.807, 2.05) is 25.1 Å². The summed E-state index contributed by atoms with van der Waals surface area (Å²) in [5, 5.41) is 17.5.